The minimum atomic E-state index is -0.165. The SMILES string of the molecule is Cc1nn(-c2ccc3c(c2)B2c4cc(-c5coc(-c6ccc7c(c6)B6c8cc(-n9nc(C)c(-c%10ccccc%10)c9C)ccc8Oc8cccc(c86)O7)c5)ccc4Oc4cccc(c42)O3)c(C)c1-c1ccccc1. The summed E-state index contributed by atoms with van der Waals surface area (Å²) in [5, 5.41) is 10.1. The predicted octanol–water partition coefficient (Wildman–Crippen LogP) is 11.0. The van der Waals surface area contributed by atoms with E-state index in [9.17, 15) is 0 Å². The van der Waals surface area contributed by atoms with Gasteiger partial charge < -0.3 is 23.4 Å². The number of hydrogen-bond acceptors (Lipinski definition) is 7. The van der Waals surface area contributed by atoms with Crippen molar-refractivity contribution in [2.75, 3.05) is 0 Å². The second kappa shape index (κ2) is 15.6. The van der Waals surface area contributed by atoms with Crippen LogP contribution in [-0.4, -0.2) is 33.0 Å². The van der Waals surface area contributed by atoms with Gasteiger partial charge in [-0.2, -0.15) is 10.2 Å². The summed E-state index contributed by atoms with van der Waals surface area (Å²) in [6, 6.07) is 60.7. The molecule has 7 heterocycles. The van der Waals surface area contributed by atoms with E-state index in [1.807, 2.05) is 59.5 Å². The minimum absolute atomic E-state index is 0.154. The Morgan fingerprint density at radius 2 is 0.767 bits per heavy atom. The zero-order chi connectivity index (χ0) is 48.6. The molecule has 11 aromatic rings. The number of nitrogens with zero attached hydrogens (tertiary/aromatic N) is 4. The molecule has 73 heavy (non-hydrogen) atoms. The summed E-state index contributed by atoms with van der Waals surface area (Å²) >= 11 is 0. The molecule has 4 aliphatic heterocycles. The summed E-state index contributed by atoms with van der Waals surface area (Å²) in [6.45, 7) is 8.11. The van der Waals surface area contributed by atoms with Crippen LogP contribution in [0.5, 0.6) is 46.0 Å². The lowest BCUT2D eigenvalue weighted by Crippen LogP contribution is -2.57. The van der Waals surface area contributed by atoms with Crippen LogP contribution in [0.1, 0.15) is 22.8 Å². The van der Waals surface area contributed by atoms with Crippen molar-refractivity contribution in [2.45, 2.75) is 27.7 Å². The Labute approximate surface area is 422 Å². The van der Waals surface area contributed by atoms with Crippen LogP contribution in [0.2, 0.25) is 0 Å². The van der Waals surface area contributed by atoms with E-state index in [0.29, 0.717) is 0 Å². The van der Waals surface area contributed by atoms with Crippen molar-refractivity contribution >= 4 is 46.2 Å². The van der Waals surface area contributed by atoms with Crippen LogP contribution in [0.15, 0.2) is 187 Å². The van der Waals surface area contributed by atoms with Crippen LogP contribution in [0.3, 0.4) is 0 Å². The van der Waals surface area contributed by atoms with Gasteiger partial charge in [0.1, 0.15) is 51.8 Å². The number of ether oxygens (including phenoxy) is 4. The summed E-state index contributed by atoms with van der Waals surface area (Å²) in [5.41, 5.74) is 19.7. The summed E-state index contributed by atoms with van der Waals surface area (Å²) in [7, 11) is 0. The fourth-order valence-corrected chi connectivity index (χ4v) is 11.9. The second-order valence-corrected chi connectivity index (χ2v) is 19.4. The molecule has 4 aliphatic rings. The van der Waals surface area contributed by atoms with Gasteiger partial charge in [0.25, 0.3) is 13.4 Å². The number of aromatic nitrogens is 4. The Balaban J connectivity index is 0.797. The first kappa shape index (κ1) is 41.6. The number of fused-ring (bicyclic) bond motifs is 8. The first-order valence-electron chi connectivity index (χ1n) is 24.7. The predicted molar refractivity (Wildman–Crippen MR) is 289 cm³/mol. The molecule has 9 nitrogen and oxygen atoms in total. The fraction of sp³-hybridized carbons (Fsp3) is 0.0645. The molecule has 0 aliphatic carbocycles. The van der Waals surface area contributed by atoms with E-state index in [0.717, 1.165) is 158 Å². The van der Waals surface area contributed by atoms with Gasteiger partial charge in [0.2, 0.25) is 0 Å². The van der Waals surface area contributed by atoms with Crippen LogP contribution < -0.4 is 51.7 Å². The molecule has 0 unspecified atom stereocenters. The molecule has 0 saturated heterocycles. The van der Waals surface area contributed by atoms with Crippen LogP contribution in [0.25, 0.3) is 56.1 Å². The van der Waals surface area contributed by atoms with Crippen molar-refractivity contribution in [2.24, 2.45) is 0 Å². The summed E-state index contributed by atoms with van der Waals surface area (Å²) in [6.07, 6.45) is 1.85. The molecule has 0 saturated carbocycles. The van der Waals surface area contributed by atoms with Crippen molar-refractivity contribution in [3.63, 3.8) is 0 Å². The number of rotatable bonds is 6. The van der Waals surface area contributed by atoms with E-state index < -0.39 is 0 Å². The maximum Gasteiger partial charge on any atom is 0.260 e. The molecule has 11 heteroatoms. The lowest BCUT2D eigenvalue weighted by molar-refractivity contribution is 0.464. The minimum Gasteiger partial charge on any atom is -0.464 e. The van der Waals surface area contributed by atoms with Crippen molar-refractivity contribution < 1.29 is 23.4 Å². The highest BCUT2D eigenvalue weighted by atomic mass is 16.5. The van der Waals surface area contributed by atoms with E-state index in [1.165, 1.54) is 0 Å². The zero-order valence-electron chi connectivity index (χ0n) is 40.3. The first-order chi connectivity index (χ1) is 35.8. The van der Waals surface area contributed by atoms with Gasteiger partial charge in [-0.3, -0.25) is 0 Å². The Morgan fingerprint density at radius 1 is 0.356 bits per heavy atom. The van der Waals surface area contributed by atoms with Crippen LogP contribution in [-0.2, 0) is 0 Å². The van der Waals surface area contributed by atoms with Crippen molar-refractivity contribution in [3.05, 3.63) is 205 Å². The maximum atomic E-state index is 6.66. The molecule has 8 aromatic carbocycles. The second-order valence-electron chi connectivity index (χ2n) is 19.4. The molecule has 0 fully saturated rings. The lowest BCUT2D eigenvalue weighted by atomic mass is 9.34. The molecule has 15 rings (SSSR count). The molecule has 346 valence electrons. The molecular formula is C62H42B2N4O5. The van der Waals surface area contributed by atoms with Gasteiger partial charge in [0.15, 0.2) is 0 Å². The highest BCUT2D eigenvalue weighted by Crippen LogP contribution is 2.40. The topological polar surface area (TPSA) is 85.7 Å². The normalized spacial score (nSPS) is 13.0. The zero-order valence-corrected chi connectivity index (χ0v) is 40.3. The molecule has 0 N–H and O–H groups in total. The third kappa shape index (κ3) is 6.31. The van der Waals surface area contributed by atoms with Crippen LogP contribution in [0, 0.1) is 27.7 Å². The van der Waals surface area contributed by atoms with Gasteiger partial charge in [-0.15, -0.1) is 0 Å². The Morgan fingerprint density at radius 3 is 1.23 bits per heavy atom. The smallest absolute Gasteiger partial charge is 0.260 e. The van der Waals surface area contributed by atoms with Gasteiger partial charge in [-0.05, 0) is 151 Å². The molecule has 3 aromatic heterocycles. The van der Waals surface area contributed by atoms with Gasteiger partial charge >= 0.3 is 0 Å². The van der Waals surface area contributed by atoms with E-state index in [-0.39, 0.29) is 13.4 Å². The fourth-order valence-electron chi connectivity index (χ4n) is 11.9. The number of benzene rings is 8. The summed E-state index contributed by atoms with van der Waals surface area (Å²) in [4.78, 5) is 0. The van der Waals surface area contributed by atoms with Crippen molar-refractivity contribution in [3.8, 4) is 102 Å². The molecule has 0 atom stereocenters. The van der Waals surface area contributed by atoms with Gasteiger partial charge in [-0.1, -0.05) is 91.0 Å². The van der Waals surface area contributed by atoms with E-state index in [1.54, 1.807) is 0 Å². The largest absolute Gasteiger partial charge is 0.464 e. The Bertz CT molecular complexity index is 3830. The molecule has 0 radical (unpaired) electrons. The number of aryl methyl sites for hydroxylation is 2. The first-order valence-corrected chi connectivity index (χ1v) is 24.7. The van der Waals surface area contributed by atoms with E-state index in [2.05, 4.69) is 160 Å². The summed E-state index contributed by atoms with van der Waals surface area (Å²) < 4.78 is 37.2. The van der Waals surface area contributed by atoms with E-state index >= 15 is 0 Å². The Kier molecular flexibility index (Phi) is 8.91. The van der Waals surface area contributed by atoms with Gasteiger partial charge in [0.05, 0.1) is 29.0 Å². The monoisotopic (exact) mass is 944 g/mol. The third-order valence-electron chi connectivity index (χ3n) is 15.2. The van der Waals surface area contributed by atoms with Gasteiger partial charge in [-0.25, -0.2) is 9.36 Å². The van der Waals surface area contributed by atoms with Crippen LogP contribution in [0.4, 0.5) is 0 Å². The van der Waals surface area contributed by atoms with E-state index in [4.69, 9.17) is 33.6 Å². The average molecular weight is 945 g/mol. The number of furan rings is 1. The standard InChI is InChI=1S/C62H42B2N4O5/c1-35-59(39-13-7-5-8-14-39)37(3)67(65-35)44-23-27-52-48(32-44)63-46-29-41(21-25-50(46)70-54-17-11-19-56(72-52)61(54)63)43-31-58(69-34-43)42-22-26-51-47(30-42)64-49-33-45(24-28-53(49)73-57-20-12-18-55(71-51)62(57)64)68-38(4)60(36(2)66-68)40-15-9-6-10-16-40/h5-34H,1-4H3. The molecule has 0 bridgehead atoms. The highest BCUT2D eigenvalue weighted by molar-refractivity contribution is 6.99. The quantitative estimate of drug-likeness (QED) is 0.154. The van der Waals surface area contributed by atoms with Crippen molar-refractivity contribution in [1.29, 1.82) is 0 Å². The Hall–Kier alpha value is -9.21. The summed E-state index contributed by atoms with van der Waals surface area (Å²) in [5.74, 6) is 7.12. The highest BCUT2D eigenvalue weighted by Gasteiger charge is 2.42. The van der Waals surface area contributed by atoms with Crippen LogP contribution >= 0.6 is 0 Å². The third-order valence-corrected chi connectivity index (χ3v) is 15.2. The molecule has 0 amide bonds. The molecular weight excluding hydrogens is 902 g/mol. The van der Waals surface area contributed by atoms with Gasteiger partial charge in [0, 0.05) is 44.6 Å². The maximum absolute atomic E-state index is 6.66. The lowest BCUT2D eigenvalue weighted by Gasteiger charge is -2.33. The average Bonchev–Trinajstić information content (AvgIpc) is 4.13. The van der Waals surface area contributed by atoms with Crippen molar-refractivity contribution in [1.82, 2.24) is 19.6 Å². The molecule has 0 spiro atoms. The number of hydrogen-bond donors (Lipinski definition) is 0.